The summed E-state index contributed by atoms with van der Waals surface area (Å²) in [4.78, 5) is 24.5. The Balaban J connectivity index is 1.57. The number of methoxy groups -OCH3 is 1. The van der Waals surface area contributed by atoms with Crippen LogP contribution in [0, 0.1) is 0 Å². The second-order valence-corrected chi connectivity index (χ2v) is 8.76. The molecular weight excluding hydrogens is 392 g/mol. The maximum Gasteiger partial charge on any atom is 0.274 e. The van der Waals surface area contributed by atoms with E-state index in [1.54, 1.807) is 14.0 Å². The minimum absolute atomic E-state index is 0.0216. The predicted molar refractivity (Wildman–Crippen MR) is 122 cm³/mol. The predicted octanol–water partition coefficient (Wildman–Crippen LogP) is 2.18. The van der Waals surface area contributed by atoms with Crippen molar-refractivity contribution in [3.63, 3.8) is 0 Å². The zero-order chi connectivity index (χ0) is 21.8. The Hall–Kier alpha value is -2.29. The number of fused-ring (bicyclic) bond motifs is 1. The van der Waals surface area contributed by atoms with Crippen molar-refractivity contribution in [2.45, 2.75) is 69.8 Å². The second-order valence-electron chi connectivity index (χ2n) is 8.76. The summed E-state index contributed by atoms with van der Waals surface area (Å²) in [5, 5.41) is 6.60. The van der Waals surface area contributed by atoms with Crippen molar-refractivity contribution in [3.05, 3.63) is 30.0 Å². The minimum Gasteiger partial charge on any atom is -0.378 e. The van der Waals surface area contributed by atoms with Gasteiger partial charge in [0.2, 0.25) is 0 Å². The molecule has 8 heteroatoms. The van der Waals surface area contributed by atoms with E-state index in [2.05, 4.69) is 20.5 Å². The molecule has 1 aromatic heterocycles. The molecule has 2 aliphatic rings. The maximum absolute atomic E-state index is 12.9. The minimum atomic E-state index is -0.467. The molecule has 4 rings (SSSR count). The van der Waals surface area contributed by atoms with E-state index in [4.69, 9.17) is 15.5 Å². The van der Waals surface area contributed by atoms with Gasteiger partial charge in [0.15, 0.2) is 11.5 Å². The van der Waals surface area contributed by atoms with Gasteiger partial charge >= 0.3 is 0 Å². The van der Waals surface area contributed by atoms with Crippen molar-refractivity contribution in [3.8, 4) is 0 Å². The van der Waals surface area contributed by atoms with Gasteiger partial charge in [-0.15, -0.1) is 0 Å². The molecule has 2 heterocycles. The molecule has 2 fully saturated rings. The SMILES string of the molecule is CO[C@H]1CN(c2nc3ccccc3nc2C(=O)NC(C)N)CCC1NC1CCCCC1. The van der Waals surface area contributed by atoms with Crippen LogP contribution in [-0.2, 0) is 4.74 Å². The second kappa shape index (κ2) is 9.89. The lowest BCUT2D eigenvalue weighted by atomic mass is 9.92. The fourth-order valence-corrected chi connectivity index (χ4v) is 4.75. The van der Waals surface area contributed by atoms with Crippen molar-refractivity contribution >= 4 is 22.8 Å². The van der Waals surface area contributed by atoms with Crippen molar-refractivity contribution in [2.75, 3.05) is 25.1 Å². The molecule has 168 valence electrons. The van der Waals surface area contributed by atoms with Crippen LogP contribution in [-0.4, -0.2) is 60.4 Å². The van der Waals surface area contributed by atoms with E-state index in [9.17, 15) is 4.79 Å². The normalized spacial score (nSPS) is 23.6. The van der Waals surface area contributed by atoms with E-state index < -0.39 is 6.17 Å². The molecule has 1 saturated carbocycles. The lowest BCUT2D eigenvalue weighted by Crippen LogP contribution is -2.56. The Bertz CT molecular complexity index is 899. The van der Waals surface area contributed by atoms with Crippen LogP contribution >= 0.6 is 0 Å². The van der Waals surface area contributed by atoms with E-state index in [-0.39, 0.29) is 12.0 Å². The summed E-state index contributed by atoms with van der Waals surface area (Å²) in [6, 6.07) is 8.50. The maximum atomic E-state index is 12.9. The molecule has 1 aliphatic heterocycles. The number of rotatable bonds is 6. The Morgan fingerprint density at radius 3 is 2.55 bits per heavy atom. The third-order valence-corrected chi connectivity index (χ3v) is 6.34. The fourth-order valence-electron chi connectivity index (χ4n) is 4.75. The third-order valence-electron chi connectivity index (χ3n) is 6.34. The number of ether oxygens (including phenoxy) is 1. The Kier molecular flexibility index (Phi) is 6.99. The standard InChI is InChI=1S/C23H34N6O2/c1-15(24)25-23(30)21-22(28-18-11-7-6-10-17(18)27-21)29-13-12-19(20(14-29)31-2)26-16-8-4-3-5-9-16/h6-7,10-11,15-16,19-20,26H,3-5,8-9,12-14,24H2,1-2H3,(H,25,30)/t15?,19?,20-/m0/s1. The highest BCUT2D eigenvalue weighted by molar-refractivity contribution is 5.99. The highest BCUT2D eigenvalue weighted by atomic mass is 16.5. The summed E-state index contributed by atoms with van der Waals surface area (Å²) in [6.45, 7) is 3.18. The molecule has 0 radical (unpaired) electrons. The average Bonchev–Trinajstić information content (AvgIpc) is 2.78. The highest BCUT2D eigenvalue weighted by Gasteiger charge is 2.33. The summed E-state index contributed by atoms with van der Waals surface area (Å²) >= 11 is 0. The first-order chi connectivity index (χ1) is 15.0. The number of hydrogen-bond donors (Lipinski definition) is 3. The van der Waals surface area contributed by atoms with Gasteiger partial charge in [0.05, 0.1) is 23.3 Å². The molecule has 1 aliphatic carbocycles. The first-order valence-corrected chi connectivity index (χ1v) is 11.4. The van der Waals surface area contributed by atoms with Crippen LogP contribution in [0.4, 0.5) is 5.82 Å². The molecule has 0 bridgehead atoms. The number of hydrogen-bond acceptors (Lipinski definition) is 7. The lowest BCUT2D eigenvalue weighted by Gasteiger charge is -2.41. The Morgan fingerprint density at radius 2 is 1.87 bits per heavy atom. The highest BCUT2D eigenvalue weighted by Crippen LogP contribution is 2.26. The summed E-state index contributed by atoms with van der Waals surface area (Å²) in [5.74, 6) is 0.287. The van der Waals surface area contributed by atoms with Gasteiger partial charge < -0.3 is 26.0 Å². The van der Waals surface area contributed by atoms with Gasteiger partial charge in [0, 0.05) is 32.3 Å². The van der Waals surface area contributed by atoms with Gasteiger partial charge in [-0.05, 0) is 38.3 Å². The number of nitrogens with zero attached hydrogens (tertiary/aromatic N) is 3. The molecule has 1 amide bonds. The lowest BCUT2D eigenvalue weighted by molar-refractivity contribution is 0.0533. The number of nitrogens with two attached hydrogens (primary N) is 1. The number of aromatic nitrogens is 2. The smallest absolute Gasteiger partial charge is 0.274 e. The van der Waals surface area contributed by atoms with Gasteiger partial charge in [-0.2, -0.15) is 0 Å². The summed E-state index contributed by atoms with van der Waals surface area (Å²) in [7, 11) is 1.76. The van der Waals surface area contributed by atoms with E-state index in [1.165, 1.54) is 32.1 Å². The van der Waals surface area contributed by atoms with E-state index in [1.807, 2.05) is 24.3 Å². The van der Waals surface area contributed by atoms with Crippen LogP contribution in [0.2, 0.25) is 0 Å². The summed E-state index contributed by atoms with van der Waals surface area (Å²) < 4.78 is 5.88. The number of benzene rings is 1. The number of anilines is 1. The largest absolute Gasteiger partial charge is 0.378 e. The molecule has 1 saturated heterocycles. The van der Waals surface area contributed by atoms with Gasteiger partial charge in [-0.1, -0.05) is 31.4 Å². The van der Waals surface area contributed by atoms with Gasteiger partial charge in [0.25, 0.3) is 5.91 Å². The number of carbonyl (C=O) groups excluding carboxylic acids is 1. The molecule has 1 aromatic carbocycles. The molecule has 3 atom stereocenters. The van der Waals surface area contributed by atoms with E-state index in [0.717, 1.165) is 18.5 Å². The number of carbonyl (C=O) groups is 1. The summed E-state index contributed by atoms with van der Waals surface area (Å²) in [5.41, 5.74) is 7.57. The molecule has 0 spiro atoms. The molecule has 31 heavy (non-hydrogen) atoms. The van der Waals surface area contributed by atoms with E-state index in [0.29, 0.717) is 35.7 Å². The van der Waals surface area contributed by atoms with E-state index >= 15 is 0 Å². The fraction of sp³-hybridized carbons (Fsp3) is 0.609. The van der Waals surface area contributed by atoms with Crippen LogP contribution < -0.4 is 21.3 Å². The van der Waals surface area contributed by atoms with Crippen LogP contribution in [0.1, 0.15) is 55.9 Å². The number of para-hydroxylation sites is 2. The molecular formula is C23H34N6O2. The Labute approximate surface area is 183 Å². The molecule has 2 aromatic rings. The first-order valence-electron chi connectivity index (χ1n) is 11.4. The van der Waals surface area contributed by atoms with Crippen molar-refractivity contribution < 1.29 is 9.53 Å². The molecule has 2 unspecified atom stereocenters. The monoisotopic (exact) mass is 426 g/mol. The topological polar surface area (TPSA) is 105 Å². The molecule has 8 nitrogen and oxygen atoms in total. The van der Waals surface area contributed by atoms with Crippen molar-refractivity contribution in [1.82, 2.24) is 20.6 Å². The van der Waals surface area contributed by atoms with Gasteiger partial charge in [-0.3, -0.25) is 4.79 Å². The number of nitrogens with one attached hydrogen (secondary N) is 2. The zero-order valence-corrected chi connectivity index (χ0v) is 18.5. The zero-order valence-electron chi connectivity index (χ0n) is 18.5. The van der Waals surface area contributed by atoms with Crippen LogP contribution in [0.3, 0.4) is 0 Å². The number of piperidine rings is 1. The quantitative estimate of drug-likeness (QED) is 0.608. The van der Waals surface area contributed by atoms with Gasteiger partial charge in [-0.25, -0.2) is 9.97 Å². The molecule has 4 N–H and O–H groups in total. The number of amides is 1. The third kappa shape index (κ3) is 5.14. The first kappa shape index (κ1) is 21.9. The van der Waals surface area contributed by atoms with Crippen LogP contribution in [0.25, 0.3) is 11.0 Å². The van der Waals surface area contributed by atoms with Crippen LogP contribution in [0.5, 0.6) is 0 Å². The van der Waals surface area contributed by atoms with Crippen molar-refractivity contribution in [2.24, 2.45) is 5.73 Å². The Morgan fingerprint density at radius 1 is 1.16 bits per heavy atom. The van der Waals surface area contributed by atoms with Crippen LogP contribution in [0.15, 0.2) is 24.3 Å². The van der Waals surface area contributed by atoms with Crippen molar-refractivity contribution in [1.29, 1.82) is 0 Å². The van der Waals surface area contributed by atoms with Gasteiger partial charge in [0.1, 0.15) is 0 Å². The summed E-state index contributed by atoms with van der Waals surface area (Å²) in [6.07, 6.45) is 6.93. The average molecular weight is 427 g/mol.